The number of nitrogens with zero attached hydrogens (tertiary/aromatic N) is 1. The van der Waals surface area contributed by atoms with Gasteiger partial charge in [0, 0.05) is 24.2 Å². The van der Waals surface area contributed by atoms with E-state index in [9.17, 15) is 0 Å². The molecule has 0 radical (unpaired) electrons. The minimum atomic E-state index is 0.0969. The fourth-order valence-corrected chi connectivity index (χ4v) is 3.52. The highest BCUT2D eigenvalue weighted by Gasteiger charge is 2.16. The summed E-state index contributed by atoms with van der Waals surface area (Å²) in [6.07, 6.45) is 0. The van der Waals surface area contributed by atoms with E-state index < -0.39 is 0 Å². The Morgan fingerprint density at radius 3 is 2.72 bits per heavy atom. The van der Waals surface area contributed by atoms with Crippen molar-refractivity contribution in [2.24, 2.45) is 0 Å². The molecule has 29 heavy (non-hydrogen) atoms. The first kappa shape index (κ1) is 19.2. The number of benzene rings is 2. The Hall–Kier alpha value is -3.09. The molecule has 3 aromatic rings. The van der Waals surface area contributed by atoms with Crippen LogP contribution in [0.15, 0.2) is 48.5 Å². The first-order chi connectivity index (χ1) is 14.2. The van der Waals surface area contributed by atoms with E-state index in [0.717, 1.165) is 45.0 Å². The second-order valence-corrected chi connectivity index (χ2v) is 6.81. The quantitative estimate of drug-likeness (QED) is 0.599. The third-order valence-corrected chi connectivity index (χ3v) is 5.03. The van der Waals surface area contributed by atoms with Crippen molar-refractivity contribution in [2.45, 2.75) is 13.5 Å². The zero-order valence-corrected chi connectivity index (χ0v) is 16.6. The smallest absolute Gasteiger partial charge is 0.231 e. The van der Waals surface area contributed by atoms with E-state index in [1.54, 1.807) is 7.11 Å². The molecule has 2 aromatic carbocycles. The zero-order chi connectivity index (χ0) is 20.2. The Balaban J connectivity index is 1.68. The standard InChI is InChI=1S/C23H24N2O4/c1-15-18(16-7-9-21-22(12-16)29-14-28-21)4-3-5-19(15)20-8-6-17(13-24-10-11-26)23(25-20)27-2/h3-9,12,24,26H,10-11,13-14H2,1-2H3. The fourth-order valence-electron chi connectivity index (χ4n) is 3.52. The molecule has 6 nitrogen and oxygen atoms in total. The van der Waals surface area contributed by atoms with Crippen molar-refractivity contribution >= 4 is 0 Å². The van der Waals surface area contributed by atoms with Crippen molar-refractivity contribution in [1.29, 1.82) is 0 Å². The second-order valence-electron chi connectivity index (χ2n) is 6.81. The number of hydrogen-bond donors (Lipinski definition) is 2. The highest BCUT2D eigenvalue weighted by atomic mass is 16.7. The van der Waals surface area contributed by atoms with Gasteiger partial charge in [0.15, 0.2) is 11.5 Å². The molecule has 0 fully saturated rings. The van der Waals surface area contributed by atoms with Gasteiger partial charge in [-0.15, -0.1) is 0 Å². The van der Waals surface area contributed by atoms with E-state index in [1.165, 1.54) is 0 Å². The van der Waals surface area contributed by atoms with Gasteiger partial charge in [-0.1, -0.05) is 30.3 Å². The van der Waals surface area contributed by atoms with Crippen LogP contribution in [0.25, 0.3) is 22.4 Å². The van der Waals surface area contributed by atoms with Gasteiger partial charge >= 0.3 is 0 Å². The predicted molar refractivity (Wildman–Crippen MR) is 111 cm³/mol. The molecule has 0 amide bonds. The molecule has 0 saturated heterocycles. The lowest BCUT2D eigenvalue weighted by Crippen LogP contribution is -2.18. The number of fused-ring (bicyclic) bond motifs is 1. The lowest BCUT2D eigenvalue weighted by atomic mass is 9.94. The van der Waals surface area contributed by atoms with Crippen LogP contribution < -0.4 is 19.5 Å². The molecule has 1 aliphatic rings. The van der Waals surface area contributed by atoms with E-state index in [4.69, 9.17) is 24.3 Å². The Labute approximate surface area is 170 Å². The van der Waals surface area contributed by atoms with E-state index in [0.29, 0.717) is 19.0 Å². The van der Waals surface area contributed by atoms with Crippen LogP contribution in [0.1, 0.15) is 11.1 Å². The van der Waals surface area contributed by atoms with Gasteiger partial charge in [0.2, 0.25) is 12.7 Å². The number of rotatable bonds is 7. The Kier molecular flexibility index (Phi) is 5.64. The van der Waals surface area contributed by atoms with Crippen LogP contribution in [0.4, 0.5) is 0 Å². The number of pyridine rings is 1. The van der Waals surface area contributed by atoms with Gasteiger partial charge in [-0.2, -0.15) is 0 Å². The normalized spacial score (nSPS) is 12.2. The van der Waals surface area contributed by atoms with Crippen molar-refractivity contribution in [3.8, 4) is 39.8 Å². The highest BCUT2D eigenvalue weighted by molar-refractivity contribution is 5.78. The summed E-state index contributed by atoms with van der Waals surface area (Å²) in [5.41, 5.74) is 6.18. The van der Waals surface area contributed by atoms with Crippen molar-refractivity contribution in [2.75, 3.05) is 27.1 Å². The number of aliphatic hydroxyl groups excluding tert-OH is 1. The maximum atomic E-state index is 8.94. The van der Waals surface area contributed by atoms with Gasteiger partial charge in [0.25, 0.3) is 0 Å². The summed E-state index contributed by atoms with van der Waals surface area (Å²) < 4.78 is 16.4. The molecular weight excluding hydrogens is 368 g/mol. The minimum Gasteiger partial charge on any atom is -0.481 e. The van der Waals surface area contributed by atoms with Crippen LogP contribution in [0.5, 0.6) is 17.4 Å². The maximum absolute atomic E-state index is 8.94. The van der Waals surface area contributed by atoms with Gasteiger partial charge in [-0.05, 0) is 41.8 Å². The summed E-state index contributed by atoms with van der Waals surface area (Å²) >= 11 is 0. The molecule has 0 aliphatic carbocycles. The first-order valence-electron chi connectivity index (χ1n) is 9.56. The molecule has 2 heterocycles. The number of nitrogens with one attached hydrogen (secondary N) is 1. The van der Waals surface area contributed by atoms with Crippen molar-refractivity contribution < 1.29 is 19.3 Å². The Morgan fingerprint density at radius 2 is 1.90 bits per heavy atom. The molecule has 0 saturated carbocycles. The van der Waals surface area contributed by atoms with Gasteiger partial charge in [-0.3, -0.25) is 0 Å². The number of aromatic nitrogens is 1. The number of ether oxygens (including phenoxy) is 3. The summed E-state index contributed by atoms with van der Waals surface area (Å²) in [7, 11) is 1.62. The summed E-state index contributed by atoms with van der Waals surface area (Å²) in [4.78, 5) is 4.72. The molecule has 0 atom stereocenters. The molecule has 6 heteroatoms. The van der Waals surface area contributed by atoms with E-state index in [-0.39, 0.29) is 13.4 Å². The number of hydrogen-bond acceptors (Lipinski definition) is 6. The summed E-state index contributed by atoms with van der Waals surface area (Å²) in [5, 5.41) is 12.1. The van der Waals surface area contributed by atoms with Crippen molar-refractivity contribution in [3.05, 3.63) is 59.7 Å². The van der Waals surface area contributed by atoms with E-state index >= 15 is 0 Å². The second kappa shape index (κ2) is 8.51. The highest BCUT2D eigenvalue weighted by Crippen LogP contribution is 2.38. The van der Waals surface area contributed by atoms with Crippen molar-refractivity contribution in [3.63, 3.8) is 0 Å². The third-order valence-electron chi connectivity index (χ3n) is 5.03. The molecule has 1 aromatic heterocycles. The van der Waals surface area contributed by atoms with Crippen LogP contribution >= 0.6 is 0 Å². The molecule has 4 rings (SSSR count). The zero-order valence-electron chi connectivity index (χ0n) is 16.6. The minimum absolute atomic E-state index is 0.0969. The van der Waals surface area contributed by atoms with Gasteiger partial charge in [0.1, 0.15) is 0 Å². The Bertz CT molecular complexity index is 1020. The first-order valence-corrected chi connectivity index (χ1v) is 9.56. The molecule has 0 bridgehead atoms. The Morgan fingerprint density at radius 1 is 1.07 bits per heavy atom. The van der Waals surface area contributed by atoms with Gasteiger partial charge < -0.3 is 24.6 Å². The average molecular weight is 392 g/mol. The van der Waals surface area contributed by atoms with Gasteiger partial charge in [-0.25, -0.2) is 4.98 Å². The lowest BCUT2D eigenvalue weighted by Gasteiger charge is -2.14. The monoisotopic (exact) mass is 392 g/mol. The van der Waals surface area contributed by atoms with Crippen LogP contribution in [0, 0.1) is 6.92 Å². The average Bonchev–Trinajstić information content (AvgIpc) is 3.22. The molecule has 150 valence electrons. The summed E-state index contributed by atoms with van der Waals surface area (Å²) in [6.45, 7) is 3.58. The summed E-state index contributed by atoms with van der Waals surface area (Å²) in [6, 6.07) is 16.2. The molecule has 0 unspecified atom stereocenters. The number of aliphatic hydroxyl groups is 1. The number of methoxy groups -OCH3 is 1. The van der Waals surface area contributed by atoms with Crippen LogP contribution in [-0.4, -0.2) is 37.1 Å². The fraction of sp³-hybridized carbons (Fsp3) is 0.261. The topological polar surface area (TPSA) is 72.8 Å². The third kappa shape index (κ3) is 3.90. The van der Waals surface area contributed by atoms with Crippen LogP contribution in [0.3, 0.4) is 0 Å². The predicted octanol–water partition coefficient (Wildman–Crippen LogP) is 3.54. The van der Waals surface area contributed by atoms with E-state index in [2.05, 4.69) is 24.4 Å². The molecule has 1 aliphatic heterocycles. The van der Waals surface area contributed by atoms with Crippen molar-refractivity contribution in [1.82, 2.24) is 10.3 Å². The molecular formula is C23H24N2O4. The molecule has 0 spiro atoms. The van der Waals surface area contributed by atoms with Crippen LogP contribution in [0.2, 0.25) is 0 Å². The SMILES string of the molecule is COc1nc(-c2cccc(-c3ccc4c(c3)OCO4)c2C)ccc1CNCCO. The summed E-state index contributed by atoms with van der Waals surface area (Å²) in [5.74, 6) is 2.13. The molecule has 2 N–H and O–H groups in total. The lowest BCUT2D eigenvalue weighted by molar-refractivity contribution is 0.174. The van der Waals surface area contributed by atoms with E-state index in [1.807, 2.05) is 36.4 Å². The van der Waals surface area contributed by atoms with Gasteiger partial charge in [0.05, 0.1) is 19.4 Å². The largest absolute Gasteiger partial charge is 0.481 e. The maximum Gasteiger partial charge on any atom is 0.231 e. The van der Waals surface area contributed by atoms with Crippen LogP contribution in [-0.2, 0) is 6.54 Å².